The highest BCUT2D eigenvalue weighted by Gasteiger charge is 2.30. The maximum atomic E-state index is 12.3. The molecule has 2 rings (SSSR count). The fourth-order valence-electron chi connectivity index (χ4n) is 2.64. The SMILES string of the molecule is CCCCOc1ccc(C(=O)OCC2=C(C(=O)OCC)[C@@H](C)NC(=O)N2)cc1. The lowest BCUT2D eigenvalue weighted by atomic mass is 10.0. The Balaban J connectivity index is 2.03. The van der Waals surface area contributed by atoms with Crippen molar-refractivity contribution < 1.29 is 28.6 Å². The Bertz CT molecular complexity index is 742. The smallest absolute Gasteiger partial charge is 0.338 e. The van der Waals surface area contributed by atoms with Gasteiger partial charge in [-0.3, -0.25) is 0 Å². The average Bonchev–Trinajstić information content (AvgIpc) is 2.66. The van der Waals surface area contributed by atoms with Crippen molar-refractivity contribution in [3.05, 3.63) is 41.1 Å². The highest BCUT2D eigenvalue weighted by Crippen LogP contribution is 2.17. The van der Waals surface area contributed by atoms with E-state index in [1.54, 1.807) is 38.1 Å². The molecule has 1 aliphatic rings. The Kier molecular flexibility index (Phi) is 7.86. The number of esters is 2. The van der Waals surface area contributed by atoms with Crippen molar-refractivity contribution in [2.45, 2.75) is 39.7 Å². The van der Waals surface area contributed by atoms with Crippen LogP contribution in [0.3, 0.4) is 0 Å². The number of unbranched alkanes of at least 4 members (excludes halogenated alkanes) is 1. The molecule has 2 amide bonds. The minimum absolute atomic E-state index is 0.197. The number of rotatable bonds is 9. The van der Waals surface area contributed by atoms with Crippen molar-refractivity contribution in [3.63, 3.8) is 0 Å². The van der Waals surface area contributed by atoms with Crippen LogP contribution in [0.4, 0.5) is 4.79 Å². The van der Waals surface area contributed by atoms with E-state index >= 15 is 0 Å². The summed E-state index contributed by atoms with van der Waals surface area (Å²) in [5.41, 5.74) is 0.783. The van der Waals surface area contributed by atoms with Crippen LogP contribution >= 0.6 is 0 Å². The van der Waals surface area contributed by atoms with E-state index in [2.05, 4.69) is 17.6 Å². The van der Waals surface area contributed by atoms with Gasteiger partial charge in [0.15, 0.2) is 0 Å². The van der Waals surface area contributed by atoms with Crippen LogP contribution < -0.4 is 15.4 Å². The monoisotopic (exact) mass is 390 g/mol. The third kappa shape index (κ3) is 5.73. The van der Waals surface area contributed by atoms with Crippen LogP contribution in [0.5, 0.6) is 5.75 Å². The van der Waals surface area contributed by atoms with Gasteiger partial charge >= 0.3 is 18.0 Å². The molecule has 0 saturated heterocycles. The molecule has 2 N–H and O–H groups in total. The number of carbonyl (C=O) groups is 3. The zero-order valence-corrected chi connectivity index (χ0v) is 16.4. The number of ether oxygens (including phenoxy) is 3. The van der Waals surface area contributed by atoms with Gasteiger partial charge < -0.3 is 24.8 Å². The number of amides is 2. The van der Waals surface area contributed by atoms with E-state index in [4.69, 9.17) is 14.2 Å². The molecule has 0 aliphatic carbocycles. The Morgan fingerprint density at radius 3 is 2.43 bits per heavy atom. The molecule has 1 aliphatic heterocycles. The third-order valence-electron chi connectivity index (χ3n) is 4.07. The Labute approximate surface area is 164 Å². The van der Waals surface area contributed by atoms with E-state index in [1.807, 2.05) is 0 Å². The topological polar surface area (TPSA) is 103 Å². The first-order valence-electron chi connectivity index (χ1n) is 9.33. The summed E-state index contributed by atoms with van der Waals surface area (Å²) in [6.45, 7) is 5.99. The van der Waals surface area contributed by atoms with Gasteiger partial charge in [0.2, 0.25) is 0 Å². The predicted molar refractivity (Wildman–Crippen MR) is 102 cm³/mol. The van der Waals surface area contributed by atoms with Gasteiger partial charge in [-0.15, -0.1) is 0 Å². The molecular weight excluding hydrogens is 364 g/mol. The number of benzene rings is 1. The number of carbonyl (C=O) groups excluding carboxylic acids is 3. The fraction of sp³-hybridized carbons (Fsp3) is 0.450. The first-order chi connectivity index (χ1) is 13.5. The maximum absolute atomic E-state index is 12.3. The molecule has 28 heavy (non-hydrogen) atoms. The predicted octanol–water partition coefficient (Wildman–Crippen LogP) is 2.54. The summed E-state index contributed by atoms with van der Waals surface area (Å²) in [5.74, 6) is -0.463. The van der Waals surface area contributed by atoms with Gasteiger partial charge in [-0.05, 0) is 44.5 Å². The summed E-state index contributed by atoms with van der Waals surface area (Å²) in [7, 11) is 0. The first kappa shape index (κ1) is 21.3. The van der Waals surface area contributed by atoms with Gasteiger partial charge in [-0.25, -0.2) is 14.4 Å². The molecule has 0 saturated carbocycles. The molecule has 0 spiro atoms. The first-order valence-corrected chi connectivity index (χ1v) is 9.33. The van der Waals surface area contributed by atoms with Crippen molar-refractivity contribution in [3.8, 4) is 5.75 Å². The molecule has 1 aromatic rings. The van der Waals surface area contributed by atoms with Crippen LogP contribution in [0, 0.1) is 0 Å². The maximum Gasteiger partial charge on any atom is 0.338 e. The van der Waals surface area contributed by atoms with E-state index in [-0.39, 0.29) is 24.5 Å². The average molecular weight is 390 g/mol. The van der Waals surface area contributed by atoms with Crippen LogP contribution in [0.25, 0.3) is 0 Å². The fourth-order valence-corrected chi connectivity index (χ4v) is 2.64. The molecule has 0 unspecified atom stereocenters. The number of hydrogen-bond donors (Lipinski definition) is 2. The van der Waals surface area contributed by atoms with Crippen LogP contribution in [0.15, 0.2) is 35.5 Å². The summed E-state index contributed by atoms with van der Waals surface area (Å²) >= 11 is 0. The van der Waals surface area contributed by atoms with Crippen LogP contribution in [0.2, 0.25) is 0 Å². The van der Waals surface area contributed by atoms with Gasteiger partial charge in [0.1, 0.15) is 12.4 Å². The van der Waals surface area contributed by atoms with Gasteiger partial charge in [0.25, 0.3) is 0 Å². The molecule has 1 atom stereocenters. The van der Waals surface area contributed by atoms with Crippen molar-refractivity contribution in [2.75, 3.05) is 19.8 Å². The van der Waals surface area contributed by atoms with Crippen molar-refractivity contribution in [2.24, 2.45) is 0 Å². The lowest BCUT2D eigenvalue weighted by molar-refractivity contribution is -0.139. The van der Waals surface area contributed by atoms with Gasteiger partial charge in [0.05, 0.1) is 36.1 Å². The third-order valence-corrected chi connectivity index (χ3v) is 4.07. The van der Waals surface area contributed by atoms with Gasteiger partial charge in [0, 0.05) is 0 Å². The number of hydrogen-bond acceptors (Lipinski definition) is 6. The minimum Gasteiger partial charge on any atom is -0.494 e. The molecule has 152 valence electrons. The second-order valence-corrected chi connectivity index (χ2v) is 6.24. The number of nitrogens with one attached hydrogen (secondary N) is 2. The van der Waals surface area contributed by atoms with E-state index in [0.717, 1.165) is 12.8 Å². The highest BCUT2D eigenvalue weighted by atomic mass is 16.5. The zero-order valence-electron chi connectivity index (χ0n) is 16.4. The second kappa shape index (κ2) is 10.3. The normalized spacial score (nSPS) is 16.1. The lowest BCUT2D eigenvalue weighted by Crippen LogP contribution is -2.50. The molecular formula is C20H26N2O6. The van der Waals surface area contributed by atoms with Gasteiger partial charge in [-0.2, -0.15) is 0 Å². The Morgan fingerprint density at radius 2 is 1.79 bits per heavy atom. The summed E-state index contributed by atoms with van der Waals surface area (Å²) in [4.78, 5) is 36.2. The largest absolute Gasteiger partial charge is 0.494 e. The standard InChI is InChI=1S/C20H26N2O6/c1-4-6-11-27-15-9-7-14(8-10-15)18(23)28-12-16-17(19(24)26-5-2)13(3)21-20(25)22-16/h7-10,13H,4-6,11-12H2,1-3H3,(H2,21,22,25)/t13-/m1/s1. The summed E-state index contributed by atoms with van der Waals surface area (Å²) in [5, 5.41) is 5.09. The zero-order chi connectivity index (χ0) is 20.5. The summed E-state index contributed by atoms with van der Waals surface area (Å²) in [6.07, 6.45) is 2.00. The van der Waals surface area contributed by atoms with E-state index < -0.39 is 24.0 Å². The molecule has 8 heteroatoms. The van der Waals surface area contributed by atoms with Crippen molar-refractivity contribution >= 4 is 18.0 Å². The molecule has 0 aromatic heterocycles. The molecule has 1 aromatic carbocycles. The Hall–Kier alpha value is -3.03. The second-order valence-electron chi connectivity index (χ2n) is 6.24. The minimum atomic E-state index is -0.573. The molecule has 0 radical (unpaired) electrons. The molecule has 0 bridgehead atoms. The summed E-state index contributed by atoms with van der Waals surface area (Å²) < 4.78 is 15.9. The van der Waals surface area contributed by atoms with E-state index in [9.17, 15) is 14.4 Å². The molecule has 1 heterocycles. The van der Waals surface area contributed by atoms with Crippen molar-refractivity contribution in [1.82, 2.24) is 10.6 Å². The van der Waals surface area contributed by atoms with Crippen LogP contribution in [0.1, 0.15) is 44.0 Å². The van der Waals surface area contributed by atoms with Gasteiger partial charge in [-0.1, -0.05) is 13.3 Å². The van der Waals surface area contributed by atoms with E-state index in [0.29, 0.717) is 17.9 Å². The number of urea groups is 1. The summed E-state index contributed by atoms with van der Waals surface area (Å²) in [6, 6.07) is 5.58. The van der Waals surface area contributed by atoms with Crippen molar-refractivity contribution in [1.29, 1.82) is 0 Å². The molecule has 0 fully saturated rings. The van der Waals surface area contributed by atoms with Crippen LogP contribution in [-0.2, 0) is 14.3 Å². The Morgan fingerprint density at radius 1 is 1.07 bits per heavy atom. The lowest BCUT2D eigenvalue weighted by Gasteiger charge is -2.26. The van der Waals surface area contributed by atoms with E-state index in [1.165, 1.54) is 0 Å². The molecule has 8 nitrogen and oxygen atoms in total. The quantitative estimate of drug-likeness (QED) is 0.496. The highest BCUT2D eigenvalue weighted by molar-refractivity contribution is 5.95. The van der Waals surface area contributed by atoms with Crippen LogP contribution in [-0.4, -0.2) is 43.8 Å².